The summed E-state index contributed by atoms with van der Waals surface area (Å²) < 4.78 is 10.2. The van der Waals surface area contributed by atoms with E-state index in [1.54, 1.807) is 48.5 Å². The number of carbonyl (C=O) groups is 3. The first kappa shape index (κ1) is 19.7. The Labute approximate surface area is 167 Å². The van der Waals surface area contributed by atoms with Crippen molar-refractivity contribution in [2.24, 2.45) is 5.92 Å². The van der Waals surface area contributed by atoms with Crippen molar-refractivity contribution < 1.29 is 23.9 Å². The Hall–Kier alpha value is -3.06. The molecular weight excluding hydrogens is 384 g/mol. The van der Waals surface area contributed by atoms with E-state index in [0.29, 0.717) is 22.1 Å². The highest BCUT2D eigenvalue weighted by molar-refractivity contribution is 6.33. The molecule has 1 aliphatic heterocycles. The van der Waals surface area contributed by atoms with E-state index in [2.05, 4.69) is 5.32 Å². The lowest BCUT2D eigenvalue weighted by atomic mass is 10.1. The van der Waals surface area contributed by atoms with Gasteiger partial charge in [-0.1, -0.05) is 29.8 Å². The normalized spacial score (nSPS) is 16.0. The van der Waals surface area contributed by atoms with Gasteiger partial charge in [-0.2, -0.15) is 0 Å². The summed E-state index contributed by atoms with van der Waals surface area (Å²) in [5.41, 5.74) is 1.08. The van der Waals surface area contributed by atoms with Crippen molar-refractivity contribution >= 4 is 40.8 Å². The van der Waals surface area contributed by atoms with Gasteiger partial charge < -0.3 is 19.7 Å². The Balaban J connectivity index is 1.53. The molecule has 0 spiro atoms. The van der Waals surface area contributed by atoms with Crippen LogP contribution in [-0.4, -0.2) is 38.0 Å². The average Bonchev–Trinajstić information content (AvgIpc) is 3.08. The topological polar surface area (TPSA) is 84.9 Å². The Morgan fingerprint density at radius 2 is 2.00 bits per heavy atom. The largest absolute Gasteiger partial charge is 0.497 e. The number of methoxy groups -OCH3 is 1. The summed E-state index contributed by atoms with van der Waals surface area (Å²) in [5.74, 6) is -1.33. The highest BCUT2D eigenvalue weighted by Gasteiger charge is 2.37. The van der Waals surface area contributed by atoms with Crippen LogP contribution in [0.4, 0.5) is 11.4 Å². The molecule has 1 saturated heterocycles. The van der Waals surface area contributed by atoms with E-state index in [-0.39, 0.29) is 18.9 Å². The van der Waals surface area contributed by atoms with Gasteiger partial charge in [0, 0.05) is 24.7 Å². The van der Waals surface area contributed by atoms with Crippen LogP contribution in [0.5, 0.6) is 5.75 Å². The zero-order valence-corrected chi connectivity index (χ0v) is 15.9. The number of rotatable bonds is 6. The summed E-state index contributed by atoms with van der Waals surface area (Å²) in [6.07, 6.45) is 0.0154. The molecule has 0 radical (unpaired) electrons. The molecule has 1 atom stereocenters. The van der Waals surface area contributed by atoms with Gasteiger partial charge in [-0.25, -0.2) is 0 Å². The summed E-state index contributed by atoms with van der Waals surface area (Å²) in [7, 11) is 1.53. The van der Waals surface area contributed by atoms with Crippen LogP contribution in [0.25, 0.3) is 0 Å². The van der Waals surface area contributed by atoms with Gasteiger partial charge >= 0.3 is 5.97 Å². The van der Waals surface area contributed by atoms with E-state index in [4.69, 9.17) is 21.1 Å². The van der Waals surface area contributed by atoms with Crippen LogP contribution < -0.4 is 15.0 Å². The Morgan fingerprint density at radius 3 is 2.75 bits per heavy atom. The summed E-state index contributed by atoms with van der Waals surface area (Å²) in [4.78, 5) is 38.0. The number of benzene rings is 2. The molecule has 1 heterocycles. The van der Waals surface area contributed by atoms with Gasteiger partial charge in [0.25, 0.3) is 5.91 Å². The second kappa shape index (κ2) is 8.75. The molecule has 2 amide bonds. The van der Waals surface area contributed by atoms with E-state index in [0.717, 1.165) is 0 Å². The van der Waals surface area contributed by atoms with Gasteiger partial charge in [-0.05, 0) is 24.3 Å². The van der Waals surface area contributed by atoms with Crippen LogP contribution >= 0.6 is 11.6 Å². The van der Waals surface area contributed by atoms with E-state index in [9.17, 15) is 14.4 Å². The van der Waals surface area contributed by atoms with Crippen LogP contribution in [0.15, 0.2) is 48.5 Å². The maximum absolute atomic E-state index is 12.3. The van der Waals surface area contributed by atoms with Crippen LogP contribution in [0.1, 0.15) is 6.42 Å². The van der Waals surface area contributed by atoms with E-state index in [1.807, 2.05) is 0 Å². The van der Waals surface area contributed by atoms with E-state index in [1.165, 1.54) is 12.0 Å². The highest BCUT2D eigenvalue weighted by atomic mass is 35.5. The number of hydrogen-bond donors (Lipinski definition) is 1. The monoisotopic (exact) mass is 402 g/mol. The molecule has 7 nitrogen and oxygen atoms in total. The third-order valence-electron chi connectivity index (χ3n) is 4.30. The average molecular weight is 403 g/mol. The number of amides is 2. The summed E-state index contributed by atoms with van der Waals surface area (Å²) in [5, 5.41) is 3.06. The van der Waals surface area contributed by atoms with Crippen molar-refractivity contribution in [3.05, 3.63) is 53.6 Å². The summed E-state index contributed by atoms with van der Waals surface area (Å²) in [6.45, 7) is -0.272. The molecule has 28 heavy (non-hydrogen) atoms. The first-order chi connectivity index (χ1) is 13.5. The summed E-state index contributed by atoms with van der Waals surface area (Å²) >= 11 is 6.13. The molecule has 1 fully saturated rings. The smallest absolute Gasteiger partial charge is 0.311 e. The molecule has 0 unspecified atom stereocenters. The van der Waals surface area contributed by atoms with E-state index < -0.39 is 24.4 Å². The van der Waals surface area contributed by atoms with Gasteiger partial charge in [0.1, 0.15) is 5.75 Å². The van der Waals surface area contributed by atoms with Crippen LogP contribution in [0, 0.1) is 5.92 Å². The summed E-state index contributed by atoms with van der Waals surface area (Å²) in [6, 6.07) is 13.7. The Kier molecular flexibility index (Phi) is 6.16. The van der Waals surface area contributed by atoms with Crippen LogP contribution in [0.3, 0.4) is 0 Å². The molecule has 8 heteroatoms. The minimum absolute atomic E-state index is 0.0154. The Morgan fingerprint density at radius 1 is 1.21 bits per heavy atom. The van der Waals surface area contributed by atoms with Crippen LogP contribution in [-0.2, 0) is 19.1 Å². The van der Waals surface area contributed by atoms with Crippen molar-refractivity contribution in [3.63, 3.8) is 0 Å². The SMILES string of the molecule is COc1cccc(NC(=O)COC(=O)[C@H]2CC(=O)N(c3ccccc3Cl)C2)c1. The molecule has 3 rings (SSSR count). The number of hydrogen-bond acceptors (Lipinski definition) is 5. The number of anilines is 2. The molecule has 0 saturated carbocycles. The lowest BCUT2D eigenvalue weighted by Gasteiger charge is -2.17. The second-order valence-corrected chi connectivity index (χ2v) is 6.65. The van der Waals surface area contributed by atoms with Gasteiger partial charge in [0.15, 0.2) is 6.61 Å². The second-order valence-electron chi connectivity index (χ2n) is 6.24. The maximum Gasteiger partial charge on any atom is 0.311 e. The number of ether oxygens (including phenoxy) is 2. The fraction of sp³-hybridized carbons (Fsp3) is 0.250. The van der Waals surface area contributed by atoms with Gasteiger partial charge in [0.05, 0.1) is 23.7 Å². The number of nitrogens with one attached hydrogen (secondary N) is 1. The standard InChI is InChI=1S/C20H19ClN2O5/c1-27-15-6-4-5-14(10-15)22-18(24)12-28-20(26)13-9-19(25)23(11-13)17-8-3-2-7-16(17)21/h2-8,10,13H,9,11-12H2,1H3,(H,22,24)/t13-/m0/s1. The minimum atomic E-state index is -0.645. The first-order valence-corrected chi connectivity index (χ1v) is 9.01. The number of esters is 1. The number of para-hydroxylation sites is 1. The van der Waals surface area contributed by atoms with Crippen molar-refractivity contribution in [1.29, 1.82) is 0 Å². The first-order valence-electron chi connectivity index (χ1n) is 8.63. The molecule has 0 aromatic heterocycles. The molecule has 2 aromatic carbocycles. The molecule has 0 aliphatic carbocycles. The van der Waals surface area contributed by atoms with Crippen molar-refractivity contribution in [1.82, 2.24) is 0 Å². The number of nitrogens with zero attached hydrogens (tertiary/aromatic N) is 1. The molecular formula is C20H19ClN2O5. The fourth-order valence-corrected chi connectivity index (χ4v) is 3.16. The molecule has 1 N–H and O–H groups in total. The fourth-order valence-electron chi connectivity index (χ4n) is 2.92. The predicted molar refractivity (Wildman–Crippen MR) is 104 cm³/mol. The molecule has 2 aromatic rings. The third kappa shape index (κ3) is 4.61. The number of halogens is 1. The maximum atomic E-state index is 12.3. The molecule has 1 aliphatic rings. The number of carbonyl (C=O) groups excluding carboxylic acids is 3. The minimum Gasteiger partial charge on any atom is -0.497 e. The lowest BCUT2D eigenvalue weighted by Crippen LogP contribution is -2.28. The lowest BCUT2D eigenvalue weighted by molar-refractivity contribution is -0.151. The zero-order chi connectivity index (χ0) is 20.1. The molecule has 146 valence electrons. The van der Waals surface area contributed by atoms with Crippen molar-refractivity contribution in [2.45, 2.75) is 6.42 Å². The van der Waals surface area contributed by atoms with Crippen molar-refractivity contribution in [3.8, 4) is 5.75 Å². The van der Waals surface area contributed by atoms with Gasteiger partial charge in [-0.3, -0.25) is 14.4 Å². The third-order valence-corrected chi connectivity index (χ3v) is 4.62. The zero-order valence-electron chi connectivity index (χ0n) is 15.2. The quantitative estimate of drug-likeness (QED) is 0.751. The molecule has 0 bridgehead atoms. The van der Waals surface area contributed by atoms with Gasteiger partial charge in [0.2, 0.25) is 5.91 Å². The van der Waals surface area contributed by atoms with Crippen molar-refractivity contribution in [2.75, 3.05) is 30.5 Å². The van der Waals surface area contributed by atoms with Gasteiger partial charge in [-0.15, -0.1) is 0 Å². The van der Waals surface area contributed by atoms with E-state index >= 15 is 0 Å². The van der Waals surface area contributed by atoms with Crippen LogP contribution in [0.2, 0.25) is 5.02 Å². The highest BCUT2D eigenvalue weighted by Crippen LogP contribution is 2.31. The predicted octanol–water partition coefficient (Wildman–Crippen LogP) is 2.88. The Bertz CT molecular complexity index is 902.